The molecule has 0 aliphatic heterocycles. The fourth-order valence-electron chi connectivity index (χ4n) is 5.05. The molecule has 0 fully saturated rings. The number of rotatable bonds is 9. The van der Waals surface area contributed by atoms with Crippen molar-refractivity contribution >= 4 is 28.6 Å². The van der Waals surface area contributed by atoms with E-state index in [1.165, 1.54) is 16.7 Å². The molecule has 0 saturated carbocycles. The molecule has 0 radical (unpaired) electrons. The minimum absolute atomic E-state index is 0.849. The molecule has 0 atom stereocenters. The van der Waals surface area contributed by atoms with Gasteiger partial charge in [0.1, 0.15) is 5.76 Å². The lowest BCUT2D eigenvalue weighted by Crippen LogP contribution is -2.10. The number of hydrogen-bond donors (Lipinski definition) is 0. The Labute approximate surface area is 254 Å². The predicted octanol–water partition coefficient (Wildman–Crippen LogP) is 11.0. The number of benzene rings is 5. The van der Waals surface area contributed by atoms with Crippen molar-refractivity contribution in [3.63, 3.8) is 0 Å². The predicted molar refractivity (Wildman–Crippen MR) is 181 cm³/mol. The number of aryl methyl sites for hydroxylation is 1. The molecule has 1 heterocycles. The number of allylic oxidation sites excluding steroid dienone is 2. The minimum atomic E-state index is 0.849. The van der Waals surface area contributed by atoms with Crippen molar-refractivity contribution in [1.82, 2.24) is 0 Å². The third-order valence-electron chi connectivity index (χ3n) is 7.33. The van der Waals surface area contributed by atoms with E-state index >= 15 is 0 Å². The van der Waals surface area contributed by atoms with Gasteiger partial charge in [-0.1, -0.05) is 139 Å². The summed E-state index contributed by atoms with van der Waals surface area (Å²) in [6, 6.07) is 52.7. The lowest BCUT2D eigenvalue weighted by atomic mass is 9.98. The summed E-state index contributed by atoms with van der Waals surface area (Å²) in [4.78, 5) is 2.26. The Morgan fingerprint density at radius 3 is 1.67 bits per heavy atom. The molecule has 0 amide bonds. The molecule has 0 bridgehead atoms. The summed E-state index contributed by atoms with van der Waals surface area (Å²) in [5.41, 5.74) is 10.2. The third-order valence-corrected chi connectivity index (χ3v) is 7.33. The Bertz CT molecular complexity index is 1770. The normalized spacial score (nSPS) is 11.4. The summed E-state index contributed by atoms with van der Waals surface area (Å²) in [6.45, 7) is 2.10. The van der Waals surface area contributed by atoms with E-state index in [1.54, 1.807) is 6.26 Å². The van der Waals surface area contributed by atoms with E-state index in [9.17, 15) is 0 Å². The van der Waals surface area contributed by atoms with Gasteiger partial charge < -0.3 is 9.32 Å². The second kappa shape index (κ2) is 13.4. The molecule has 0 unspecified atom stereocenters. The largest absolute Gasteiger partial charge is 0.464 e. The fourth-order valence-corrected chi connectivity index (χ4v) is 5.05. The molecule has 6 rings (SSSR count). The first-order valence-corrected chi connectivity index (χ1v) is 14.5. The lowest BCUT2D eigenvalue weighted by molar-refractivity contribution is 0.554. The van der Waals surface area contributed by atoms with E-state index in [-0.39, 0.29) is 0 Å². The molecule has 6 aromatic rings. The van der Waals surface area contributed by atoms with Gasteiger partial charge in [0.2, 0.25) is 0 Å². The topological polar surface area (TPSA) is 16.4 Å². The fraction of sp³-hybridized carbons (Fsp3) is 0.0244. The minimum Gasteiger partial charge on any atom is -0.464 e. The van der Waals surface area contributed by atoms with Gasteiger partial charge in [-0.05, 0) is 65.6 Å². The average molecular weight is 556 g/mol. The molecule has 0 spiro atoms. The van der Waals surface area contributed by atoms with Crippen LogP contribution in [0.5, 0.6) is 0 Å². The van der Waals surface area contributed by atoms with Gasteiger partial charge in [0.15, 0.2) is 0 Å². The molecule has 0 N–H and O–H groups in total. The Kier molecular flexibility index (Phi) is 8.57. The number of nitrogens with zero attached hydrogens (tertiary/aromatic N) is 1. The van der Waals surface area contributed by atoms with Gasteiger partial charge in [-0.3, -0.25) is 0 Å². The number of anilines is 2. The maximum absolute atomic E-state index is 5.75. The molecular formula is C41H33NO. The van der Waals surface area contributed by atoms with Crippen LogP contribution in [0.25, 0.3) is 17.2 Å². The summed E-state index contributed by atoms with van der Waals surface area (Å²) in [6.07, 6.45) is 10.3. The van der Waals surface area contributed by atoms with Crippen molar-refractivity contribution in [3.8, 4) is 0 Å². The van der Waals surface area contributed by atoms with E-state index in [2.05, 4.69) is 176 Å². The Balaban J connectivity index is 1.34. The maximum atomic E-state index is 5.75. The van der Waals surface area contributed by atoms with Crippen LogP contribution in [-0.2, 0) is 0 Å². The van der Waals surface area contributed by atoms with Crippen LogP contribution in [0.15, 0.2) is 181 Å². The first-order valence-electron chi connectivity index (χ1n) is 14.5. The van der Waals surface area contributed by atoms with Crippen molar-refractivity contribution < 1.29 is 4.42 Å². The maximum Gasteiger partial charge on any atom is 0.134 e. The van der Waals surface area contributed by atoms with E-state index in [0.717, 1.165) is 39.4 Å². The highest BCUT2D eigenvalue weighted by Crippen LogP contribution is 2.32. The summed E-state index contributed by atoms with van der Waals surface area (Å²) in [5, 5.41) is 0. The van der Waals surface area contributed by atoms with Crippen LogP contribution in [0.4, 0.5) is 11.4 Å². The smallest absolute Gasteiger partial charge is 0.134 e. The van der Waals surface area contributed by atoms with Crippen molar-refractivity contribution in [1.29, 1.82) is 0 Å². The van der Waals surface area contributed by atoms with Gasteiger partial charge in [-0.25, -0.2) is 0 Å². The van der Waals surface area contributed by atoms with E-state index in [0.29, 0.717) is 0 Å². The van der Waals surface area contributed by atoms with Gasteiger partial charge in [0.25, 0.3) is 0 Å². The second-order valence-electron chi connectivity index (χ2n) is 10.4. The quantitative estimate of drug-likeness (QED) is 0.165. The van der Waals surface area contributed by atoms with Crippen molar-refractivity contribution in [2.24, 2.45) is 0 Å². The first-order chi connectivity index (χ1) is 21.2. The molecule has 0 saturated heterocycles. The summed E-state index contributed by atoms with van der Waals surface area (Å²) in [5.74, 6) is 0.849. The second-order valence-corrected chi connectivity index (χ2v) is 10.4. The molecule has 5 aromatic carbocycles. The van der Waals surface area contributed by atoms with Gasteiger partial charge in [-0.15, -0.1) is 0 Å². The Hall–Kier alpha value is -5.60. The molecule has 1 aromatic heterocycles. The van der Waals surface area contributed by atoms with Crippen LogP contribution in [0.2, 0.25) is 0 Å². The van der Waals surface area contributed by atoms with Crippen LogP contribution >= 0.6 is 0 Å². The van der Waals surface area contributed by atoms with Crippen LogP contribution in [0.1, 0.15) is 33.6 Å². The Morgan fingerprint density at radius 2 is 1.09 bits per heavy atom. The summed E-state index contributed by atoms with van der Waals surface area (Å²) in [7, 11) is 0. The van der Waals surface area contributed by atoms with Gasteiger partial charge in [0, 0.05) is 28.7 Å². The average Bonchev–Trinajstić information content (AvgIpc) is 3.61. The lowest BCUT2D eigenvalue weighted by Gasteiger charge is -2.23. The van der Waals surface area contributed by atoms with Crippen molar-refractivity contribution in [2.45, 2.75) is 6.92 Å². The van der Waals surface area contributed by atoms with Crippen molar-refractivity contribution in [3.05, 3.63) is 210 Å². The SMILES string of the molecule is Cc1ccc(C(=CC=Cc2ccc(N(C=C(c3ccccc3)c3ccccc3)c3ccccc3)cc2)c2ccco2)cc1. The molecule has 0 aliphatic rings. The molecule has 2 nitrogen and oxygen atoms in total. The van der Waals surface area contributed by atoms with E-state index in [4.69, 9.17) is 4.42 Å². The molecule has 208 valence electrons. The van der Waals surface area contributed by atoms with Crippen LogP contribution in [0.3, 0.4) is 0 Å². The number of furan rings is 1. The summed E-state index contributed by atoms with van der Waals surface area (Å²) < 4.78 is 5.75. The zero-order valence-electron chi connectivity index (χ0n) is 24.2. The summed E-state index contributed by atoms with van der Waals surface area (Å²) >= 11 is 0. The third kappa shape index (κ3) is 6.83. The highest BCUT2D eigenvalue weighted by molar-refractivity contribution is 5.84. The standard InChI is InChI=1S/C41H33NO/c1-32-22-26-36(27-23-32)39(41-21-12-30-43-41)20-11-13-33-24-28-38(29-25-33)42(37-18-9-4-10-19-37)31-40(34-14-5-2-6-15-34)35-16-7-3-8-17-35/h2-31H,1H3. The first kappa shape index (κ1) is 27.6. The van der Waals surface area contributed by atoms with Gasteiger partial charge in [0.05, 0.1) is 6.26 Å². The van der Waals surface area contributed by atoms with Gasteiger partial charge >= 0.3 is 0 Å². The molecule has 2 heteroatoms. The highest BCUT2D eigenvalue weighted by Gasteiger charge is 2.12. The molecular weight excluding hydrogens is 522 g/mol. The number of para-hydroxylation sites is 1. The molecule has 0 aliphatic carbocycles. The molecule has 43 heavy (non-hydrogen) atoms. The van der Waals surface area contributed by atoms with Crippen molar-refractivity contribution in [2.75, 3.05) is 4.90 Å². The zero-order chi connectivity index (χ0) is 29.3. The van der Waals surface area contributed by atoms with Crippen LogP contribution < -0.4 is 4.90 Å². The van der Waals surface area contributed by atoms with E-state index in [1.807, 2.05) is 12.1 Å². The Morgan fingerprint density at radius 1 is 0.535 bits per heavy atom. The monoisotopic (exact) mass is 555 g/mol. The van der Waals surface area contributed by atoms with Gasteiger partial charge in [-0.2, -0.15) is 0 Å². The van der Waals surface area contributed by atoms with Crippen LogP contribution in [-0.4, -0.2) is 0 Å². The number of hydrogen-bond acceptors (Lipinski definition) is 2. The van der Waals surface area contributed by atoms with Crippen LogP contribution in [0, 0.1) is 6.92 Å². The zero-order valence-corrected chi connectivity index (χ0v) is 24.2. The van der Waals surface area contributed by atoms with E-state index < -0.39 is 0 Å². The highest BCUT2D eigenvalue weighted by atomic mass is 16.3.